The van der Waals surface area contributed by atoms with E-state index in [-0.39, 0.29) is 47.3 Å². The van der Waals surface area contributed by atoms with Gasteiger partial charge in [0, 0.05) is 86.3 Å². The van der Waals surface area contributed by atoms with Gasteiger partial charge in [0.25, 0.3) is 0 Å². The highest BCUT2D eigenvalue weighted by Gasteiger charge is 2.72. The van der Waals surface area contributed by atoms with Gasteiger partial charge in [-0.25, -0.2) is 0 Å². The molecule has 3 saturated carbocycles. The lowest BCUT2D eigenvalue weighted by Gasteiger charge is -2.70. The number of aromatic nitrogens is 2. The molecule has 1 aromatic carbocycles. The Bertz CT molecular complexity index is 2260. The van der Waals surface area contributed by atoms with Crippen LogP contribution in [0.4, 0.5) is 0 Å². The largest absolute Gasteiger partial charge is 0.396 e. The number of aliphatic hydroxyl groups excluding tert-OH is 3. The second-order valence-electron chi connectivity index (χ2n) is 22.4. The summed E-state index contributed by atoms with van der Waals surface area (Å²) in [7, 11) is 0. The van der Waals surface area contributed by atoms with Gasteiger partial charge >= 0.3 is 0 Å². The van der Waals surface area contributed by atoms with Crippen molar-refractivity contribution < 1.29 is 34.4 Å². The van der Waals surface area contributed by atoms with E-state index in [1.165, 1.54) is 16.7 Å². The number of ketones is 2. The molecule has 0 spiro atoms. The van der Waals surface area contributed by atoms with Crippen LogP contribution in [0.25, 0.3) is 11.0 Å². The average Bonchev–Trinajstić information content (AvgIpc) is 3.44. The molecule has 0 unspecified atom stereocenters. The number of nitrogens with zero attached hydrogens (tertiary/aromatic N) is 1. The third-order valence-electron chi connectivity index (χ3n) is 18.2. The van der Waals surface area contributed by atoms with Crippen molar-refractivity contribution in [2.75, 3.05) is 19.8 Å². The Morgan fingerprint density at radius 3 is 2.41 bits per heavy atom. The van der Waals surface area contributed by atoms with Gasteiger partial charge in [-0.15, -0.1) is 0 Å². The number of benzene rings is 1. The Morgan fingerprint density at radius 1 is 1.00 bits per heavy atom. The molecule has 0 radical (unpaired) electrons. The van der Waals surface area contributed by atoms with Crippen LogP contribution in [0.3, 0.4) is 0 Å². The van der Waals surface area contributed by atoms with Gasteiger partial charge in [-0.2, -0.15) is 0 Å². The lowest BCUT2D eigenvalue weighted by molar-refractivity contribution is -0.220. The smallest absolute Gasteiger partial charge is 0.160 e. The molecule has 4 aliphatic carbocycles. The zero-order valence-corrected chi connectivity index (χ0v) is 38.3. The van der Waals surface area contributed by atoms with Crippen molar-refractivity contribution in [1.29, 1.82) is 0 Å². The number of aromatic amines is 1. The summed E-state index contributed by atoms with van der Waals surface area (Å²) in [5.41, 5.74) is 7.88. The monoisotopic (exact) mass is 837 g/mol. The summed E-state index contributed by atoms with van der Waals surface area (Å²) in [6, 6.07) is 9.11. The highest BCUT2D eigenvalue weighted by atomic mass is 16.6. The molecule has 9 rings (SSSR count). The van der Waals surface area contributed by atoms with Crippen LogP contribution in [0.2, 0.25) is 0 Å². The molecular formula is C52H72N2O7. The van der Waals surface area contributed by atoms with Crippen LogP contribution >= 0.6 is 0 Å². The minimum atomic E-state index is -0.783. The van der Waals surface area contributed by atoms with Crippen LogP contribution < -0.4 is 0 Å². The summed E-state index contributed by atoms with van der Waals surface area (Å²) < 4.78 is 13.9. The van der Waals surface area contributed by atoms with Crippen LogP contribution in [-0.4, -0.2) is 80.2 Å². The number of allylic oxidation sites excluding steroid dienone is 1. The molecule has 3 aromatic rings. The predicted octanol–water partition coefficient (Wildman–Crippen LogP) is 8.56. The minimum Gasteiger partial charge on any atom is -0.396 e. The fraction of sp³-hybridized carbons (Fsp3) is 0.692. The number of aryl methyl sites for hydroxylation is 1. The van der Waals surface area contributed by atoms with E-state index in [4.69, 9.17) is 9.47 Å². The molecule has 5 fully saturated rings. The van der Waals surface area contributed by atoms with Crippen LogP contribution in [0.15, 0.2) is 41.6 Å². The van der Waals surface area contributed by atoms with Gasteiger partial charge < -0.3 is 34.3 Å². The Hall–Kier alpha value is -3.08. The topological polar surface area (TPSA) is 137 Å². The molecule has 4 N–H and O–H groups in total. The van der Waals surface area contributed by atoms with Crippen molar-refractivity contribution >= 4 is 22.6 Å². The van der Waals surface area contributed by atoms with E-state index in [1.54, 1.807) is 0 Å². The minimum absolute atomic E-state index is 0.0177. The predicted molar refractivity (Wildman–Crippen MR) is 237 cm³/mol. The fourth-order valence-corrected chi connectivity index (χ4v) is 15.1. The number of rotatable bonds is 11. The Labute approximate surface area is 363 Å². The second-order valence-corrected chi connectivity index (χ2v) is 22.4. The molecule has 9 heteroatoms. The normalized spacial score (nSPS) is 35.6. The summed E-state index contributed by atoms with van der Waals surface area (Å²) in [5, 5.41) is 35.7. The molecule has 4 heterocycles. The zero-order valence-electron chi connectivity index (χ0n) is 38.3. The first-order valence-corrected chi connectivity index (χ1v) is 23.6. The first-order valence-electron chi connectivity index (χ1n) is 23.6. The van der Waals surface area contributed by atoms with E-state index < -0.39 is 34.4 Å². The third-order valence-corrected chi connectivity index (χ3v) is 18.2. The van der Waals surface area contributed by atoms with Gasteiger partial charge in [-0.1, -0.05) is 65.3 Å². The number of aliphatic hydroxyl groups is 3. The molecule has 61 heavy (non-hydrogen) atoms. The van der Waals surface area contributed by atoms with Gasteiger partial charge in [0.15, 0.2) is 5.78 Å². The standard InChI is InChI=1S/C52H72N2O7/c1-29-22-31(25-33(23-29)32-14-20-60-21-15-32)26-34-36(13-19-55)54(37-12-18-53-44(34)37)28-35-43-42(30(2)24-38(56)47-49(5,6)61-47)39(57)27-52(43,9)51(8)17-10-40-48(3,4)41(58)11-16-50(40,7)46(51)45(35)59/h12,18,22-23,25,30,32,35,38,40,45-47,53,55-56,59H,10-11,13-17,19-21,24,26-28H2,1-9H3/t30-,35+,38-,40+,45-,46-,47-,50-,51+,52+/m1/s1. The van der Waals surface area contributed by atoms with Gasteiger partial charge in [0.1, 0.15) is 11.9 Å². The Balaban J connectivity index is 1.18. The van der Waals surface area contributed by atoms with Gasteiger partial charge in [-0.3, -0.25) is 9.59 Å². The number of hydrogen-bond donors (Lipinski definition) is 4. The van der Waals surface area contributed by atoms with Crippen molar-refractivity contribution in [3.05, 3.63) is 69.6 Å². The fourth-order valence-electron chi connectivity index (χ4n) is 15.1. The van der Waals surface area contributed by atoms with Crippen molar-refractivity contribution in [3.63, 3.8) is 0 Å². The number of fused-ring (bicyclic) bond motifs is 6. The molecule has 10 atom stereocenters. The highest BCUT2D eigenvalue weighted by molar-refractivity contribution is 6.01. The summed E-state index contributed by atoms with van der Waals surface area (Å²) in [4.78, 5) is 32.1. The summed E-state index contributed by atoms with van der Waals surface area (Å²) in [6.07, 6.45) is 7.18. The number of epoxide rings is 1. The van der Waals surface area contributed by atoms with E-state index in [0.717, 1.165) is 78.8 Å². The molecule has 0 amide bonds. The maximum absolute atomic E-state index is 14.9. The summed E-state index contributed by atoms with van der Waals surface area (Å²) >= 11 is 0. The molecule has 2 saturated heterocycles. The zero-order chi connectivity index (χ0) is 43.6. The Kier molecular flexibility index (Phi) is 10.6. The molecular weight excluding hydrogens is 765 g/mol. The number of carbonyl (C=O) groups excluding carboxylic acids is 2. The average molecular weight is 837 g/mol. The number of Topliss-reactive ketones (excluding diaryl/α,β-unsaturated/α-hetero) is 2. The van der Waals surface area contributed by atoms with Crippen molar-refractivity contribution in [2.45, 2.75) is 163 Å². The first-order chi connectivity index (χ1) is 28.8. The van der Waals surface area contributed by atoms with Crippen LogP contribution in [0, 0.1) is 52.3 Å². The van der Waals surface area contributed by atoms with Gasteiger partial charge in [0.2, 0.25) is 0 Å². The molecule has 6 aliphatic rings. The van der Waals surface area contributed by atoms with Crippen molar-refractivity contribution in [3.8, 4) is 0 Å². The molecule has 2 aliphatic heterocycles. The highest BCUT2D eigenvalue weighted by Crippen LogP contribution is 2.75. The van der Waals surface area contributed by atoms with Crippen molar-refractivity contribution in [1.82, 2.24) is 9.55 Å². The molecule has 2 aromatic heterocycles. The lowest BCUT2D eigenvalue weighted by atomic mass is 9.34. The number of H-pyrrole nitrogens is 1. The second kappa shape index (κ2) is 15.0. The van der Waals surface area contributed by atoms with E-state index in [0.29, 0.717) is 50.4 Å². The third kappa shape index (κ3) is 6.63. The van der Waals surface area contributed by atoms with Gasteiger partial charge in [-0.05, 0) is 122 Å². The summed E-state index contributed by atoms with van der Waals surface area (Å²) in [6.45, 7) is 21.5. The summed E-state index contributed by atoms with van der Waals surface area (Å²) in [5.74, 6) is 0.270. The van der Waals surface area contributed by atoms with E-state index in [2.05, 4.69) is 82.3 Å². The number of nitrogens with one attached hydrogen (secondary N) is 1. The quantitative estimate of drug-likeness (QED) is 0.142. The lowest BCUT2D eigenvalue weighted by Crippen LogP contribution is -2.67. The Morgan fingerprint density at radius 2 is 1.72 bits per heavy atom. The van der Waals surface area contributed by atoms with Crippen LogP contribution in [0.1, 0.15) is 141 Å². The van der Waals surface area contributed by atoms with Crippen molar-refractivity contribution in [2.24, 2.45) is 45.3 Å². The maximum atomic E-state index is 14.9. The number of ether oxygens (including phenoxy) is 2. The SMILES string of the molecule is Cc1cc(Cc2c(CCO)n(C[C@H]3C4=C([C@H](C)C[C@@H](O)[C@H]5OC5(C)C)C(=O)C[C@]4(C)[C@@]4(C)CC[C@H]5C(C)(C)C(=O)CC[C@@]5(C)[C@H]4[C@@H]3O)c3cc[nH]c23)cc(C2CCOCC2)c1. The maximum Gasteiger partial charge on any atom is 0.160 e. The molecule has 9 nitrogen and oxygen atoms in total. The number of hydrogen-bond acceptors (Lipinski definition) is 7. The van der Waals surface area contributed by atoms with Crippen LogP contribution in [-0.2, 0) is 38.4 Å². The van der Waals surface area contributed by atoms with Crippen LogP contribution in [0.5, 0.6) is 0 Å². The number of carbonyl (C=O) groups is 2. The van der Waals surface area contributed by atoms with E-state index in [1.807, 2.05) is 20.0 Å². The van der Waals surface area contributed by atoms with Gasteiger partial charge in [0.05, 0.1) is 28.8 Å². The first kappa shape index (κ1) is 43.2. The van der Waals surface area contributed by atoms with E-state index in [9.17, 15) is 24.9 Å². The molecule has 332 valence electrons. The van der Waals surface area contributed by atoms with E-state index >= 15 is 0 Å². The molecule has 0 bridgehead atoms.